The maximum absolute atomic E-state index is 11.7. The fourth-order valence-electron chi connectivity index (χ4n) is 2.25. The van der Waals surface area contributed by atoms with E-state index in [2.05, 4.69) is 5.32 Å². The number of carbonyl (C=O) groups is 1. The second-order valence-electron chi connectivity index (χ2n) is 5.33. The maximum atomic E-state index is 11.7. The first-order chi connectivity index (χ1) is 11.2. The average Bonchev–Trinajstić information content (AvgIpc) is 3.05. The van der Waals surface area contributed by atoms with Crippen molar-refractivity contribution in [3.63, 3.8) is 0 Å². The Morgan fingerprint density at radius 3 is 3.09 bits per heavy atom. The molecule has 1 unspecified atom stereocenters. The molecule has 1 amide bonds. The van der Waals surface area contributed by atoms with Crippen LogP contribution in [0.25, 0.3) is 6.08 Å². The Hall–Kier alpha value is -1.07. The van der Waals surface area contributed by atoms with Crippen molar-refractivity contribution in [2.75, 3.05) is 26.4 Å². The molecule has 1 fully saturated rings. The van der Waals surface area contributed by atoms with E-state index >= 15 is 0 Å². The van der Waals surface area contributed by atoms with Gasteiger partial charge in [0, 0.05) is 25.8 Å². The molecule has 0 aliphatic carbocycles. The van der Waals surface area contributed by atoms with Gasteiger partial charge in [-0.2, -0.15) is 0 Å². The molecule has 0 saturated carbocycles. The van der Waals surface area contributed by atoms with Gasteiger partial charge in [0.05, 0.1) is 22.8 Å². The van der Waals surface area contributed by atoms with E-state index in [4.69, 9.17) is 32.7 Å². The van der Waals surface area contributed by atoms with Crippen LogP contribution in [0.15, 0.2) is 24.3 Å². The standard InChI is InChI=1S/C17H21Cl2NO3/c18-15-6-1-4-13(17(15)19)7-8-16(21)20-9-3-10-22-12-14-5-2-11-23-14/h1,4,6-8,14H,2-3,5,9-12H2,(H,20,21)/b8-7+. The molecule has 0 bridgehead atoms. The molecule has 0 spiro atoms. The van der Waals surface area contributed by atoms with E-state index in [0.29, 0.717) is 35.4 Å². The molecule has 1 saturated heterocycles. The third kappa shape index (κ3) is 6.51. The van der Waals surface area contributed by atoms with Crippen molar-refractivity contribution >= 4 is 35.2 Å². The number of hydrogen-bond donors (Lipinski definition) is 1. The lowest BCUT2D eigenvalue weighted by Gasteiger charge is -2.09. The molecular weight excluding hydrogens is 337 g/mol. The highest BCUT2D eigenvalue weighted by Crippen LogP contribution is 2.26. The molecule has 1 aliphatic heterocycles. The minimum absolute atomic E-state index is 0.167. The Morgan fingerprint density at radius 1 is 1.43 bits per heavy atom. The quantitative estimate of drug-likeness (QED) is 0.569. The van der Waals surface area contributed by atoms with Gasteiger partial charge in [-0.3, -0.25) is 4.79 Å². The molecule has 2 rings (SSSR count). The van der Waals surface area contributed by atoms with Crippen LogP contribution in [0.4, 0.5) is 0 Å². The van der Waals surface area contributed by atoms with Crippen molar-refractivity contribution in [1.82, 2.24) is 5.32 Å². The lowest BCUT2D eigenvalue weighted by molar-refractivity contribution is -0.116. The third-order valence-electron chi connectivity index (χ3n) is 3.49. The predicted octanol–water partition coefficient (Wildman–Crippen LogP) is 3.71. The number of nitrogens with one attached hydrogen (secondary N) is 1. The summed E-state index contributed by atoms with van der Waals surface area (Å²) < 4.78 is 11.0. The molecule has 1 N–H and O–H groups in total. The summed E-state index contributed by atoms with van der Waals surface area (Å²) >= 11 is 12.0. The number of ether oxygens (including phenoxy) is 2. The monoisotopic (exact) mass is 357 g/mol. The Balaban J connectivity index is 1.59. The average molecular weight is 358 g/mol. The summed E-state index contributed by atoms with van der Waals surface area (Å²) in [5.74, 6) is -0.167. The fraction of sp³-hybridized carbons (Fsp3) is 0.471. The molecule has 4 nitrogen and oxygen atoms in total. The number of halogens is 2. The number of rotatable bonds is 8. The smallest absolute Gasteiger partial charge is 0.244 e. The van der Waals surface area contributed by atoms with Gasteiger partial charge in [0.25, 0.3) is 0 Å². The van der Waals surface area contributed by atoms with E-state index in [0.717, 1.165) is 25.9 Å². The van der Waals surface area contributed by atoms with Crippen LogP contribution in [0.5, 0.6) is 0 Å². The zero-order valence-corrected chi connectivity index (χ0v) is 14.4. The van der Waals surface area contributed by atoms with Crippen molar-refractivity contribution in [1.29, 1.82) is 0 Å². The molecule has 1 aromatic rings. The van der Waals surface area contributed by atoms with Crippen LogP contribution in [-0.2, 0) is 14.3 Å². The Morgan fingerprint density at radius 2 is 2.30 bits per heavy atom. The van der Waals surface area contributed by atoms with Gasteiger partial charge in [0.1, 0.15) is 0 Å². The highest BCUT2D eigenvalue weighted by atomic mass is 35.5. The molecular formula is C17H21Cl2NO3. The molecule has 6 heteroatoms. The summed E-state index contributed by atoms with van der Waals surface area (Å²) in [6.45, 7) is 2.66. The van der Waals surface area contributed by atoms with E-state index in [1.807, 2.05) is 0 Å². The second kappa shape index (κ2) is 9.93. The summed E-state index contributed by atoms with van der Waals surface area (Å²) in [4.78, 5) is 11.7. The van der Waals surface area contributed by atoms with Crippen molar-refractivity contribution < 1.29 is 14.3 Å². The predicted molar refractivity (Wildman–Crippen MR) is 92.9 cm³/mol. The number of carbonyl (C=O) groups excluding carboxylic acids is 1. The first-order valence-electron chi connectivity index (χ1n) is 7.76. The van der Waals surface area contributed by atoms with Crippen molar-refractivity contribution in [2.45, 2.75) is 25.4 Å². The SMILES string of the molecule is O=C(/C=C/c1cccc(Cl)c1Cl)NCCCOCC1CCCO1. The van der Waals surface area contributed by atoms with Gasteiger partial charge in [0.15, 0.2) is 0 Å². The molecule has 126 valence electrons. The van der Waals surface area contributed by atoms with E-state index < -0.39 is 0 Å². The second-order valence-corrected chi connectivity index (χ2v) is 6.12. The highest BCUT2D eigenvalue weighted by molar-refractivity contribution is 6.42. The van der Waals surface area contributed by atoms with Crippen LogP contribution in [0.1, 0.15) is 24.8 Å². The first kappa shape index (κ1) is 18.3. The maximum Gasteiger partial charge on any atom is 0.244 e. The van der Waals surface area contributed by atoms with Crippen LogP contribution < -0.4 is 5.32 Å². The van der Waals surface area contributed by atoms with Crippen LogP contribution in [0, 0.1) is 0 Å². The fourth-order valence-corrected chi connectivity index (χ4v) is 2.62. The van der Waals surface area contributed by atoms with Gasteiger partial charge in [-0.05, 0) is 37.0 Å². The van der Waals surface area contributed by atoms with Crippen LogP contribution in [0.2, 0.25) is 10.0 Å². The van der Waals surface area contributed by atoms with E-state index in [9.17, 15) is 4.79 Å². The molecule has 0 radical (unpaired) electrons. The van der Waals surface area contributed by atoms with Gasteiger partial charge in [-0.15, -0.1) is 0 Å². The highest BCUT2D eigenvalue weighted by Gasteiger charge is 2.14. The van der Waals surface area contributed by atoms with Crippen molar-refractivity contribution in [3.8, 4) is 0 Å². The molecule has 1 atom stereocenters. The number of hydrogen-bond acceptors (Lipinski definition) is 3. The van der Waals surface area contributed by atoms with E-state index in [-0.39, 0.29) is 12.0 Å². The van der Waals surface area contributed by atoms with Crippen LogP contribution >= 0.6 is 23.2 Å². The van der Waals surface area contributed by atoms with Crippen molar-refractivity contribution in [2.24, 2.45) is 0 Å². The third-order valence-corrected chi connectivity index (χ3v) is 4.32. The largest absolute Gasteiger partial charge is 0.379 e. The van der Waals surface area contributed by atoms with Crippen LogP contribution in [0.3, 0.4) is 0 Å². The van der Waals surface area contributed by atoms with E-state index in [1.54, 1.807) is 24.3 Å². The normalized spacial score (nSPS) is 17.7. The lowest BCUT2D eigenvalue weighted by Crippen LogP contribution is -2.23. The zero-order chi connectivity index (χ0) is 16.5. The minimum atomic E-state index is -0.167. The summed E-state index contributed by atoms with van der Waals surface area (Å²) in [6.07, 6.45) is 6.31. The zero-order valence-electron chi connectivity index (χ0n) is 12.9. The summed E-state index contributed by atoms with van der Waals surface area (Å²) in [6, 6.07) is 5.30. The Labute approximate surface area is 146 Å². The van der Waals surface area contributed by atoms with E-state index in [1.165, 1.54) is 6.08 Å². The topological polar surface area (TPSA) is 47.6 Å². The Kier molecular flexibility index (Phi) is 7.89. The van der Waals surface area contributed by atoms with Crippen LogP contribution in [-0.4, -0.2) is 38.4 Å². The molecule has 0 aromatic heterocycles. The number of amides is 1. The van der Waals surface area contributed by atoms with Gasteiger partial charge >= 0.3 is 0 Å². The lowest BCUT2D eigenvalue weighted by atomic mass is 10.2. The molecule has 1 aliphatic rings. The molecule has 23 heavy (non-hydrogen) atoms. The van der Waals surface area contributed by atoms with Gasteiger partial charge in [-0.1, -0.05) is 35.3 Å². The summed E-state index contributed by atoms with van der Waals surface area (Å²) in [5.41, 5.74) is 0.717. The summed E-state index contributed by atoms with van der Waals surface area (Å²) in [7, 11) is 0. The molecule has 1 aromatic carbocycles. The summed E-state index contributed by atoms with van der Waals surface area (Å²) in [5, 5.41) is 3.72. The first-order valence-corrected chi connectivity index (χ1v) is 8.51. The van der Waals surface area contributed by atoms with Gasteiger partial charge < -0.3 is 14.8 Å². The Bertz CT molecular complexity index is 543. The number of benzene rings is 1. The minimum Gasteiger partial charge on any atom is -0.379 e. The van der Waals surface area contributed by atoms with Crippen molar-refractivity contribution in [3.05, 3.63) is 39.9 Å². The van der Waals surface area contributed by atoms with Gasteiger partial charge in [-0.25, -0.2) is 0 Å². The van der Waals surface area contributed by atoms with Gasteiger partial charge in [0.2, 0.25) is 5.91 Å². The molecule has 1 heterocycles.